The fourth-order valence-electron chi connectivity index (χ4n) is 5.82. The molecule has 4 rings (SSSR count). The smallest absolute Gasteiger partial charge is 0.131 e. The maximum atomic E-state index is 15.5. The predicted octanol–water partition coefficient (Wildman–Crippen LogP) is 10.4. The molecule has 1 nitrogen and oxygen atoms in total. The van der Waals surface area contributed by atoms with Crippen LogP contribution >= 0.6 is 0 Å². The van der Waals surface area contributed by atoms with E-state index in [4.69, 9.17) is 4.74 Å². The van der Waals surface area contributed by atoms with Gasteiger partial charge in [-0.1, -0.05) is 96.7 Å². The van der Waals surface area contributed by atoms with E-state index >= 15 is 4.39 Å². The summed E-state index contributed by atoms with van der Waals surface area (Å²) in [6, 6.07) is 18.8. The van der Waals surface area contributed by atoms with Crippen molar-refractivity contribution < 1.29 is 9.13 Å². The Hall–Kier alpha value is -2.61. The molecule has 0 aliphatic heterocycles. The highest BCUT2D eigenvalue weighted by molar-refractivity contribution is 5.73. The van der Waals surface area contributed by atoms with E-state index in [9.17, 15) is 0 Å². The lowest BCUT2D eigenvalue weighted by Gasteiger charge is -2.26. The van der Waals surface area contributed by atoms with Crippen molar-refractivity contribution in [2.45, 2.75) is 91.9 Å². The summed E-state index contributed by atoms with van der Waals surface area (Å²) in [6.07, 6.45) is 9.19. The van der Waals surface area contributed by atoms with Crippen LogP contribution in [-0.2, 0) is 12.8 Å². The van der Waals surface area contributed by atoms with E-state index in [-0.39, 0.29) is 5.82 Å². The third kappa shape index (κ3) is 6.46. The average Bonchev–Trinajstić information content (AvgIpc) is 2.93. The zero-order chi connectivity index (χ0) is 26.4. The van der Waals surface area contributed by atoms with E-state index in [0.29, 0.717) is 17.4 Å². The normalized spacial score (nSPS) is 17.8. The molecule has 198 valence electrons. The molecule has 0 saturated heterocycles. The maximum Gasteiger partial charge on any atom is 0.131 e. The standard InChI is InChI=1S/C35H45FO/c1-6-25(7-2)23-37-35-26(8-3)20-32(21-27(35)9-4)33-19-18-31(22-34(33)36)30-16-14-29(15-17-30)28-12-10-24(5)11-13-28/h14-22,24-25,28H,6-13,23H2,1-5H3. The Balaban J connectivity index is 1.56. The molecular weight excluding hydrogens is 455 g/mol. The van der Waals surface area contributed by atoms with Gasteiger partial charge in [-0.15, -0.1) is 0 Å². The van der Waals surface area contributed by atoms with Crippen LogP contribution in [-0.4, -0.2) is 6.61 Å². The molecule has 1 aliphatic carbocycles. The maximum absolute atomic E-state index is 15.5. The molecule has 0 N–H and O–H groups in total. The third-order valence-electron chi connectivity index (χ3n) is 8.63. The van der Waals surface area contributed by atoms with E-state index in [1.165, 1.54) is 31.2 Å². The van der Waals surface area contributed by atoms with Crippen molar-refractivity contribution in [2.24, 2.45) is 11.8 Å². The zero-order valence-electron chi connectivity index (χ0n) is 23.6. The minimum atomic E-state index is -0.169. The SMILES string of the molecule is CCc1cc(-c2ccc(-c3ccc(C4CCC(C)CC4)cc3)cc2F)cc(CC)c1OCC(CC)CC. The summed E-state index contributed by atoms with van der Waals surface area (Å²) >= 11 is 0. The molecular formula is C35H45FO. The summed E-state index contributed by atoms with van der Waals surface area (Å²) in [7, 11) is 0. The Morgan fingerprint density at radius 2 is 1.35 bits per heavy atom. The van der Waals surface area contributed by atoms with Crippen molar-refractivity contribution in [3.05, 3.63) is 77.1 Å². The first-order valence-corrected chi connectivity index (χ1v) is 14.7. The van der Waals surface area contributed by atoms with Gasteiger partial charge >= 0.3 is 0 Å². The Morgan fingerprint density at radius 1 is 0.757 bits per heavy atom. The van der Waals surface area contributed by atoms with Crippen LogP contribution in [0.15, 0.2) is 54.6 Å². The average molecular weight is 501 g/mol. The minimum absolute atomic E-state index is 0.169. The molecule has 0 amide bonds. The predicted molar refractivity (Wildman–Crippen MR) is 156 cm³/mol. The Morgan fingerprint density at radius 3 is 1.89 bits per heavy atom. The lowest BCUT2D eigenvalue weighted by Crippen LogP contribution is -2.12. The highest BCUT2D eigenvalue weighted by Crippen LogP contribution is 2.37. The second kappa shape index (κ2) is 12.8. The molecule has 2 heteroatoms. The largest absolute Gasteiger partial charge is 0.493 e. The Labute approximate surface area is 224 Å². The van der Waals surface area contributed by atoms with Crippen molar-refractivity contribution in [3.63, 3.8) is 0 Å². The summed E-state index contributed by atoms with van der Waals surface area (Å²) in [4.78, 5) is 0. The van der Waals surface area contributed by atoms with Crippen LogP contribution in [0, 0.1) is 17.7 Å². The molecule has 0 atom stereocenters. The first kappa shape index (κ1) is 27.4. The summed E-state index contributed by atoms with van der Waals surface area (Å²) in [5.41, 5.74) is 7.36. The number of hydrogen-bond donors (Lipinski definition) is 0. The van der Waals surface area contributed by atoms with Crippen molar-refractivity contribution in [1.29, 1.82) is 0 Å². The molecule has 0 spiro atoms. The van der Waals surface area contributed by atoms with E-state index in [1.54, 1.807) is 6.07 Å². The van der Waals surface area contributed by atoms with Crippen molar-refractivity contribution in [3.8, 4) is 28.0 Å². The van der Waals surface area contributed by atoms with E-state index in [1.807, 2.05) is 6.07 Å². The van der Waals surface area contributed by atoms with Gasteiger partial charge in [-0.05, 0) is 95.0 Å². The van der Waals surface area contributed by atoms with Crippen LogP contribution in [0.25, 0.3) is 22.3 Å². The molecule has 1 aliphatic rings. The van der Waals surface area contributed by atoms with Gasteiger partial charge < -0.3 is 4.74 Å². The summed E-state index contributed by atoms with van der Waals surface area (Å²) < 4.78 is 21.9. The van der Waals surface area contributed by atoms with Gasteiger partial charge in [0.15, 0.2) is 0 Å². The fourth-order valence-corrected chi connectivity index (χ4v) is 5.82. The van der Waals surface area contributed by atoms with Crippen LogP contribution < -0.4 is 4.74 Å². The van der Waals surface area contributed by atoms with Crippen molar-refractivity contribution in [1.82, 2.24) is 0 Å². The van der Waals surface area contributed by atoms with E-state index in [0.717, 1.165) is 71.8 Å². The van der Waals surface area contributed by atoms with Gasteiger partial charge in [-0.2, -0.15) is 0 Å². The topological polar surface area (TPSA) is 9.23 Å². The van der Waals surface area contributed by atoms with Gasteiger partial charge in [-0.3, -0.25) is 0 Å². The lowest BCUT2D eigenvalue weighted by atomic mass is 9.79. The molecule has 0 unspecified atom stereocenters. The molecule has 0 heterocycles. The monoisotopic (exact) mass is 500 g/mol. The quantitative estimate of drug-likeness (QED) is 0.269. The fraction of sp³-hybridized carbons (Fsp3) is 0.486. The summed E-state index contributed by atoms with van der Waals surface area (Å²) in [5, 5.41) is 0. The first-order valence-electron chi connectivity index (χ1n) is 14.7. The number of rotatable bonds is 10. The summed E-state index contributed by atoms with van der Waals surface area (Å²) in [6.45, 7) is 11.9. The number of aryl methyl sites for hydroxylation is 2. The van der Waals surface area contributed by atoms with Crippen LogP contribution in [0.5, 0.6) is 5.75 Å². The second-order valence-corrected chi connectivity index (χ2v) is 11.1. The molecule has 0 bridgehead atoms. The summed E-state index contributed by atoms with van der Waals surface area (Å²) in [5.74, 6) is 2.94. The Bertz CT molecular complexity index is 1130. The van der Waals surface area contributed by atoms with Crippen LogP contribution in [0.1, 0.15) is 95.8 Å². The number of ether oxygens (including phenoxy) is 1. The number of benzene rings is 3. The molecule has 3 aromatic carbocycles. The molecule has 0 radical (unpaired) electrons. The molecule has 1 fully saturated rings. The van der Waals surface area contributed by atoms with Crippen LogP contribution in [0.2, 0.25) is 0 Å². The van der Waals surface area contributed by atoms with Gasteiger partial charge in [0.05, 0.1) is 6.61 Å². The highest BCUT2D eigenvalue weighted by atomic mass is 19.1. The van der Waals surface area contributed by atoms with Gasteiger partial charge in [0.25, 0.3) is 0 Å². The molecule has 37 heavy (non-hydrogen) atoms. The van der Waals surface area contributed by atoms with Crippen LogP contribution in [0.3, 0.4) is 0 Å². The van der Waals surface area contributed by atoms with E-state index < -0.39 is 0 Å². The lowest BCUT2D eigenvalue weighted by molar-refractivity contribution is 0.237. The number of halogens is 1. The molecule has 1 saturated carbocycles. The molecule has 3 aromatic rings. The third-order valence-corrected chi connectivity index (χ3v) is 8.63. The van der Waals surface area contributed by atoms with Gasteiger partial charge in [-0.25, -0.2) is 4.39 Å². The zero-order valence-corrected chi connectivity index (χ0v) is 23.6. The Kier molecular flexibility index (Phi) is 9.46. The van der Waals surface area contributed by atoms with Gasteiger partial charge in [0.2, 0.25) is 0 Å². The van der Waals surface area contributed by atoms with Crippen LogP contribution in [0.4, 0.5) is 4.39 Å². The van der Waals surface area contributed by atoms with Gasteiger partial charge in [0.1, 0.15) is 11.6 Å². The van der Waals surface area contributed by atoms with Crippen molar-refractivity contribution >= 4 is 0 Å². The van der Waals surface area contributed by atoms with Gasteiger partial charge in [0, 0.05) is 5.56 Å². The van der Waals surface area contributed by atoms with E-state index in [2.05, 4.69) is 77.1 Å². The first-order chi connectivity index (χ1) is 18.0. The van der Waals surface area contributed by atoms with Crippen molar-refractivity contribution in [2.75, 3.05) is 6.61 Å². The highest BCUT2D eigenvalue weighted by Gasteiger charge is 2.20. The minimum Gasteiger partial charge on any atom is -0.493 e. The number of hydrogen-bond acceptors (Lipinski definition) is 1. The molecule has 0 aromatic heterocycles. The second-order valence-electron chi connectivity index (χ2n) is 11.1.